The van der Waals surface area contributed by atoms with Crippen LogP contribution in [0.25, 0.3) is 0 Å². The Morgan fingerprint density at radius 2 is 1.16 bits per heavy atom. The Balaban J connectivity index is 2.34. The van der Waals surface area contributed by atoms with Gasteiger partial charge in [0.25, 0.3) is 0 Å². The van der Waals surface area contributed by atoms with Crippen LogP contribution in [-0.4, -0.2) is 77.9 Å². The standard InChI is InChI=1S/C44H73O11P/c1-3-5-7-8-9-10-11-12-13-14-15-19-22-25-29-33-43(47)51-37-40(38-53-56(49,50)52-36-39(46)35-45)54-44(48)34-30-26-23-20-17-16-18-21-24-28-32-42-41(55-42)31-27-6-4-2/h9-10,12-13,15-16,18-20,23-24,28,39-42,45-46H,3-8,11,14,17,21-22,25-27,29-38H2,1-2H3,(H,49,50)/b10-9-,13-12-,18-16-,19-15-,23-20-,28-24-/t39-,40+,41?,42?/m0/s1. The third-order valence-electron chi connectivity index (χ3n) is 8.76. The van der Waals surface area contributed by atoms with Crippen molar-refractivity contribution < 1.29 is 52.5 Å². The molecular weight excluding hydrogens is 735 g/mol. The molecule has 0 aromatic carbocycles. The van der Waals surface area contributed by atoms with Crippen LogP contribution < -0.4 is 0 Å². The van der Waals surface area contributed by atoms with E-state index in [9.17, 15) is 24.2 Å². The van der Waals surface area contributed by atoms with Crippen LogP contribution in [0.15, 0.2) is 72.9 Å². The predicted octanol–water partition coefficient (Wildman–Crippen LogP) is 9.87. The minimum absolute atomic E-state index is 0.0923. The van der Waals surface area contributed by atoms with Crippen molar-refractivity contribution in [3.05, 3.63) is 72.9 Å². The molecule has 1 rings (SSSR count). The molecule has 0 aromatic heterocycles. The van der Waals surface area contributed by atoms with Gasteiger partial charge in [-0.15, -0.1) is 0 Å². The first kappa shape index (κ1) is 51.4. The molecule has 1 aliphatic rings. The topological polar surface area (TPSA) is 161 Å². The van der Waals surface area contributed by atoms with E-state index in [-0.39, 0.29) is 19.4 Å². The highest BCUT2D eigenvalue weighted by Crippen LogP contribution is 2.43. The molecule has 3 unspecified atom stereocenters. The van der Waals surface area contributed by atoms with Crippen molar-refractivity contribution in [1.29, 1.82) is 0 Å². The maximum absolute atomic E-state index is 12.6. The van der Waals surface area contributed by atoms with Crippen LogP contribution in [0.1, 0.15) is 142 Å². The van der Waals surface area contributed by atoms with Gasteiger partial charge in [-0.25, -0.2) is 4.57 Å². The summed E-state index contributed by atoms with van der Waals surface area (Å²) in [6, 6.07) is 0. The Bertz CT molecular complexity index is 1230. The smallest absolute Gasteiger partial charge is 0.462 e. The van der Waals surface area contributed by atoms with E-state index in [0.717, 1.165) is 51.4 Å². The Kier molecular flexibility index (Phi) is 32.6. The SMILES string of the molecule is CCCCC/C=C\C/C=C\C/C=C\CCCCC(=O)OC[C@H](COP(=O)(O)OC[C@@H](O)CO)OC(=O)CCC/C=C\C/C=C\C/C=C\CC1OC1CCCCC. The lowest BCUT2D eigenvalue weighted by Crippen LogP contribution is -2.29. The molecule has 1 fully saturated rings. The summed E-state index contributed by atoms with van der Waals surface area (Å²) in [7, 11) is -4.65. The molecule has 0 radical (unpaired) electrons. The summed E-state index contributed by atoms with van der Waals surface area (Å²) >= 11 is 0. The highest BCUT2D eigenvalue weighted by Gasteiger charge is 2.36. The van der Waals surface area contributed by atoms with Crippen molar-refractivity contribution in [3.63, 3.8) is 0 Å². The minimum atomic E-state index is -4.65. The summed E-state index contributed by atoms with van der Waals surface area (Å²) in [6.07, 6.45) is 42.0. The summed E-state index contributed by atoms with van der Waals surface area (Å²) in [5, 5.41) is 18.3. The summed E-state index contributed by atoms with van der Waals surface area (Å²) < 4.78 is 38.3. The number of epoxide rings is 1. The lowest BCUT2D eigenvalue weighted by Gasteiger charge is -2.20. The first-order valence-corrected chi connectivity index (χ1v) is 22.5. The Hall–Kier alpha value is -2.63. The number of esters is 2. The lowest BCUT2D eigenvalue weighted by molar-refractivity contribution is -0.161. The second-order valence-corrected chi connectivity index (χ2v) is 15.5. The van der Waals surface area contributed by atoms with Gasteiger partial charge in [0.2, 0.25) is 0 Å². The second-order valence-electron chi connectivity index (χ2n) is 14.0. The zero-order valence-electron chi connectivity index (χ0n) is 34.3. The van der Waals surface area contributed by atoms with Crippen LogP contribution in [0.4, 0.5) is 0 Å². The van der Waals surface area contributed by atoms with Crippen molar-refractivity contribution >= 4 is 19.8 Å². The Labute approximate surface area is 337 Å². The van der Waals surface area contributed by atoms with Crippen LogP contribution in [-0.2, 0) is 37.4 Å². The Morgan fingerprint density at radius 3 is 1.77 bits per heavy atom. The van der Waals surface area contributed by atoms with E-state index in [1.54, 1.807) is 0 Å². The fourth-order valence-corrected chi connectivity index (χ4v) is 6.17. The molecule has 3 N–H and O–H groups in total. The fraction of sp³-hybridized carbons (Fsp3) is 0.682. The van der Waals surface area contributed by atoms with E-state index >= 15 is 0 Å². The number of allylic oxidation sites excluding steroid dienone is 11. The maximum atomic E-state index is 12.6. The number of phosphoric ester groups is 1. The number of phosphoric acid groups is 1. The second kappa shape index (κ2) is 35.5. The number of carbonyl (C=O) groups excluding carboxylic acids is 2. The third-order valence-corrected chi connectivity index (χ3v) is 9.71. The van der Waals surface area contributed by atoms with Crippen LogP contribution >= 0.6 is 7.82 Å². The van der Waals surface area contributed by atoms with Crippen LogP contribution in [0.5, 0.6) is 0 Å². The largest absolute Gasteiger partial charge is 0.472 e. The molecule has 5 atom stereocenters. The van der Waals surface area contributed by atoms with Crippen molar-refractivity contribution in [2.45, 2.75) is 167 Å². The number of unbranched alkanes of at least 4 members (excludes halogenated alkanes) is 8. The molecule has 1 heterocycles. The third kappa shape index (κ3) is 32.5. The van der Waals surface area contributed by atoms with Crippen LogP contribution in [0.3, 0.4) is 0 Å². The van der Waals surface area contributed by atoms with Gasteiger partial charge in [-0.1, -0.05) is 119 Å². The monoisotopic (exact) mass is 808 g/mol. The molecule has 1 aliphatic heterocycles. The number of ether oxygens (including phenoxy) is 3. The number of carbonyl (C=O) groups is 2. The molecule has 11 nitrogen and oxygen atoms in total. The summed E-state index contributed by atoms with van der Waals surface area (Å²) in [5.74, 6) is -1.05. The van der Waals surface area contributed by atoms with Crippen molar-refractivity contribution in [2.75, 3.05) is 26.4 Å². The van der Waals surface area contributed by atoms with Crippen molar-refractivity contribution in [1.82, 2.24) is 0 Å². The number of aliphatic hydroxyl groups is 2. The van der Waals surface area contributed by atoms with E-state index < -0.39 is 51.8 Å². The van der Waals surface area contributed by atoms with Gasteiger partial charge in [-0.3, -0.25) is 18.6 Å². The number of hydrogen-bond acceptors (Lipinski definition) is 10. The first-order chi connectivity index (χ1) is 27.2. The normalized spacial score (nSPS) is 18.2. The van der Waals surface area contributed by atoms with Gasteiger partial charge in [-0.05, 0) is 83.5 Å². The van der Waals surface area contributed by atoms with E-state index in [1.165, 1.54) is 44.9 Å². The van der Waals surface area contributed by atoms with Gasteiger partial charge in [0, 0.05) is 12.8 Å². The van der Waals surface area contributed by atoms with Crippen LogP contribution in [0, 0.1) is 0 Å². The van der Waals surface area contributed by atoms with E-state index in [4.69, 9.17) is 23.8 Å². The molecule has 0 spiro atoms. The van der Waals surface area contributed by atoms with Gasteiger partial charge >= 0.3 is 19.8 Å². The zero-order chi connectivity index (χ0) is 41.0. The van der Waals surface area contributed by atoms with Gasteiger partial charge in [0.05, 0.1) is 32.0 Å². The number of aliphatic hydroxyl groups excluding tert-OH is 2. The van der Waals surface area contributed by atoms with Crippen molar-refractivity contribution in [3.8, 4) is 0 Å². The molecule has 0 bridgehead atoms. The summed E-state index contributed by atoms with van der Waals surface area (Å²) in [6.45, 7) is 2.18. The predicted molar refractivity (Wildman–Crippen MR) is 223 cm³/mol. The maximum Gasteiger partial charge on any atom is 0.472 e. The quantitative estimate of drug-likeness (QED) is 0.0180. The fourth-order valence-electron chi connectivity index (χ4n) is 5.38. The van der Waals surface area contributed by atoms with Crippen molar-refractivity contribution in [2.24, 2.45) is 0 Å². The summed E-state index contributed by atoms with van der Waals surface area (Å²) in [4.78, 5) is 34.9. The molecular formula is C44H73O11P. The van der Waals surface area contributed by atoms with E-state index in [0.29, 0.717) is 31.5 Å². The molecule has 0 amide bonds. The zero-order valence-corrected chi connectivity index (χ0v) is 35.2. The molecule has 1 saturated heterocycles. The van der Waals surface area contributed by atoms with Gasteiger partial charge < -0.3 is 29.3 Å². The molecule has 12 heteroatoms. The first-order valence-electron chi connectivity index (χ1n) is 21.0. The molecule has 0 saturated carbocycles. The average molecular weight is 809 g/mol. The lowest BCUT2D eigenvalue weighted by atomic mass is 10.1. The Morgan fingerprint density at radius 1 is 0.643 bits per heavy atom. The highest BCUT2D eigenvalue weighted by molar-refractivity contribution is 7.47. The molecule has 0 aliphatic carbocycles. The van der Waals surface area contributed by atoms with Gasteiger partial charge in [0.1, 0.15) is 12.7 Å². The highest BCUT2D eigenvalue weighted by atomic mass is 31.2. The molecule has 56 heavy (non-hydrogen) atoms. The summed E-state index contributed by atoms with van der Waals surface area (Å²) in [5.41, 5.74) is 0. The van der Waals surface area contributed by atoms with Gasteiger partial charge in [-0.2, -0.15) is 0 Å². The average Bonchev–Trinajstić information content (AvgIpc) is 3.94. The van der Waals surface area contributed by atoms with E-state index in [2.05, 4.69) is 79.1 Å². The minimum Gasteiger partial charge on any atom is -0.462 e. The number of hydrogen-bond donors (Lipinski definition) is 3. The van der Waals surface area contributed by atoms with Crippen LogP contribution in [0.2, 0.25) is 0 Å². The molecule has 320 valence electrons. The van der Waals surface area contributed by atoms with Gasteiger partial charge in [0.15, 0.2) is 6.10 Å². The molecule has 0 aromatic rings. The number of rotatable bonds is 37. The van der Waals surface area contributed by atoms with E-state index in [1.807, 2.05) is 12.2 Å².